The van der Waals surface area contributed by atoms with Crippen molar-refractivity contribution in [2.45, 2.75) is 25.4 Å². The van der Waals surface area contributed by atoms with Gasteiger partial charge in [0.1, 0.15) is 23.7 Å². The Hall–Kier alpha value is -3.27. The molecule has 3 aromatic rings. The maximum absolute atomic E-state index is 13.6. The van der Waals surface area contributed by atoms with E-state index in [1.165, 1.54) is 45.5 Å². The lowest BCUT2D eigenvalue weighted by atomic mass is 9.95. The normalized spacial score (nSPS) is 12.7. The number of benzene rings is 2. The molecular formula is C25H26ClFN2O6. The van der Waals surface area contributed by atoms with Crippen LogP contribution in [-0.2, 0) is 5.60 Å². The van der Waals surface area contributed by atoms with Gasteiger partial charge in [0.2, 0.25) is 0 Å². The molecule has 1 atom stereocenters. The average molecular weight is 505 g/mol. The fourth-order valence-electron chi connectivity index (χ4n) is 3.36. The molecule has 0 bridgehead atoms. The molecule has 186 valence electrons. The van der Waals surface area contributed by atoms with Gasteiger partial charge in [0.25, 0.3) is 0 Å². The predicted octanol–water partition coefficient (Wildman–Crippen LogP) is 4.20. The van der Waals surface area contributed by atoms with E-state index in [0.29, 0.717) is 34.1 Å². The second kappa shape index (κ2) is 11.4. The lowest BCUT2D eigenvalue weighted by molar-refractivity contribution is 0.0353. The zero-order chi connectivity index (χ0) is 25.6. The lowest BCUT2D eigenvalue weighted by Gasteiger charge is -2.22. The van der Waals surface area contributed by atoms with Crippen molar-refractivity contribution >= 4 is 17.4 Å². The molecule has 0 amide bonds. The molecule has 1 heterocycles. The molecule has 10 heteroatoms. The summed E-state index contributed by atoms with van der Waals surface area (Å²) in [5.41, 5.74) is -0.353. The summed E-state index contributed by atoms with van der Waals surface area (Å²) in [5.74, 6) is 0.364. The Labute approximate surface area is 207 Å². The van der Waals surface area contributed by atoms with Crippen LogP contribution >= 0.6 is 11.6 Å². The van der Waals surface area contributed by atoms with Gasteiger partial charge in [-0.2, -0.15) is 0 Å². The van der Waals surface area contributed by atoms with Gasteiger partial charge in [-0.1, -0.05) is 11.6 Å². The smallest absolute Gasteiger partial charge is 0.163 e. The van der Waals surface area contributed by atoms with Gasteiger partial charge >= 0.3 is 0 Å². The van der Waals surface area contributed by atoms with E-state index in [2.05, 4.69) is 9.97 Å². The summed E-state index contributed by atoms with van der Waals surface area (Å²) in [5, 5.41) is 19.9. The van der Waals surface area contributed by atoms with Crippen molar-refractivity contribution in [3.05, 3.63) is 64.8 Å². The monoisotopic (exact) mass is 504 g/mol. The number of carbonyl (C=O) groups is 1. The summed E-state index contributed by atoms with van der Waals surface area (Å²) >= 11 is 5.91. The SMILES string of the molecule is COc1cc(C(=O)CCC(C)(O)c2ncc(OC)c(-c3ccc(F)c(Cl)c3)n2)ccc1OCCO. The van der Waals surface area contributed by atoms with Gasteiger partial charge in [0.15, 0.2) is 28.9 Å². The van der Waals surface area contributed by atoms with Crippen LogP contribution in [0.15, 0.2) is 42.6 Å². The number of ketones is 1. The number of hydrogen-bond donors (Lipinski definition) is 2. The molecule has 1 unspecified atom stereocenters. The van der Waals surface area contributed by atoms with Gasteiger partial charge in [-0.25, -0.2) is 14.4 Å². The highest BCUT2D eigenvalue weighted by Crippen LogP contribution is 2.34. The third-order valence-corrected chi connectivity index (χ3v) is 5.61. The highest BCUT2D eigenvalue weighted by atomic mass is 35.5. The molecule has 0 spiro atoms. The Balaban J connectivity index is 1.80. The quantitative estimate of drug-likeness (QED) is 0.374. The van der Waals surface area contributed by atoms with Crippen LogP contribution in [0.1, 0.15) is 35.9 Å². The number of hydrogen-bond acceptors (Lipinski definition) is 8. The van der Waals surface area contributed by atoms with E-state index in [9.17, 15) is 14.3 Å². The van der Waals surface area contributed by atoms with E-state index < -0.39 is 11.4 Å². The number of Topliss-reactive ketones (excluding diaryl/α,β-unsaturated/α-hetero) is 1. The minimum absolute atomic E-state index is 0.0000962. The molecule has 0 fully saturated rings. The number of nitrogens with zero attached hydrogens (tertiary/aromatic N) is 2. The Bertz CT molecular complexity index is 1200. The van der Waals surface area contributed by atoms with Gasteiger partial charge in [0, 0.05) is 17.5 Å². The van der Waals surface area contributed by atoms with Gasteiger partial charge < -0.3 is 24.4 Å². The first-order valence-electron chi connectivity index (χ1n) is 10.7. The molecule has 2 aromatic carbocycles. The molecule has 8 nitrogen and oxygen atoms in total. The van der Waals surface area contributed by atoms with E-state index >= 15 is 0 Å². The third-order valence-electron chi connectivity index (χ3n) is 5.32. The maximum atomic E-state index is 13.6. The molecule has 0 aliphatic carbocycles. The van der Waals surface area contributed by atoms with Crippen LogP contribution in [0.5, 0.6) is 17.2 Å². The van der Waals surface area contributed by atoms with Crippen molar-refractivity contribution in [2.24, 2.45) is 0 Å². The summed E-state index contributed by atoms with van der Waals surface area (Å²) in [6.07, 6.45) is 1.44. The molecule has 35 heavy (non-hydrogen) atoms. The van der Waals surface area contributed by atoms with Crippen LogP contribution in [0.3, 0.4) is 0 Å². The van der Waals surface area contributed by atoms with Crippen molar-refractivity contribution in [1.29, 1.82) is 0 Å². The first kappa shape index (κ1) is 26.3. The standard InChI is InChI=1S/C25H26ClFN2O6/c1-25(32,9-8-19(31)15-5-7-20(35-11-10-30)21(13-15)33-2)24-28-14-22(34-3)23(29-24)16-4-6-18(27)17(26)12-16/h4-7,12-14,30,32H,8-11H2,1-3H3. The summed E-state index contributed by atoms with van der Waals surface area (Å²) in [6.45, 7) is 1.46. The van der Waals surface area contributed by atoms with Crippen LogP contribution in [0, 0.1) is 5.82 Å². The van der Waals surface area contributed by atoms with E-state index in [4.69, 9.17) is 30.9 Å². The van der Waals surface area contributed by atoms with Crippen LogP contribution < -0.4 is 14.2 Å². The van der Waals surface area contributed by atoms with Crippen LogP contribution in [0.25, 0.3) is 11.3 Å². The molecule has 0 aliphatic rings. The van der Waals surface area contributed by atoms with Gasteiger partial charge in [0.05, 0.1) is 32.0 Å². The van der Waals surface area contributed by atoms with Crippen molar-refractivity contribution in [3.8, 4) is 28.5 Å². The average Bonchev–Trinajstić information content (AvgIpc) is 2.87. The summed E-state index contributed by atoms with van der Waals surface area (Å²) in [4.78, 5) is 21.5. The zero-order valence-corrected chi connectivity index (χ0v) is 20.3. The second-order valence-electron chi connectivity index (χ2n) is 7.87. The topological polar surface area (TPSA) is 111 Å². The fraction of sp³-hybridized carbons (Fsp3) is 0.320. The first-order valence-corrected chi connectivity index (χ1v) is 11.1. The molecule has 0 saturated heterocycles. The number of aromatic nitrogens is 2. The fourth-order valence-corrected chi connectivity index (χ4v) is 3.54. The Morgan fingerprint density at radius 2 is 1.86 bits per heavy atom. The number of ether oxygens (including phenoxy) is 3. The van der Waals surface area contributed by atoms with Gasteiger partial charge in [-0.15, -0.1) is 0 Å². The Kier molecular flexibility index (Phi) is 8.61. The van der Waals surface area contributed by atoms with Gasteiger partial charge in [-0.3, -0.25) is 4.79 Å². The van der Waals surface area contributed by atoms with E-state index in [-0.39, 0.29) is 42.7 Å². The third kappa shape index (κ3) is 6.25. The number of aliphatic hydroxyl groups is 2. The van der Waals surface area contributed by atoms with E-state index in [1.54, 1.807) is 18.2 Å². The molecule has 0 radical (unpaired) electrons. The highest BCUT2D eigenvalue weighted by Gasteiger charge is 2.29. The number of aliphatic hydroxyl groups excluding tert-OH is 1. The Morgan fingerprint density at radius 3 is 2.51 bits per heavy atom. The largest absolute Gasteiger partial charge is 0.493 e. The molecule has 3 rings (SSSR count). The van der Waals surface area contributed by atoms with Crippen LogP contribution in [-0.4, -0.2) is 53.4 Å². The summed E-state index contributed by atoms with van der Waals surface area (Å²) in [7, 11) is 2.89. The van der Waals surface area contributed by atoms with Crippen LogP contribution in [0.2, 0.25) is 5.02 Å². The zero-order valence-electron chi connectivity index (χ0n) is 19.5. The lowest BCUT2D eigenvalue weighted by Crippen LogP contribution is -2.26. The van der Waals surface area contributed by atoms with Crippen molar-refractivity contribution in [1.82, 2.24) is 9.97 Å². The van der Waals surface area contributed by atoms with Crippen LogP contribution in [0.4, 0.5) is 4.39 Å². The minimum Gasteiger partial charge on any atom is -0.493 e. The van der Waals surface area contributed by atoms with Crippen molar-refractivity contribution < 1.29 is 33.6 Å². The molecular weight excluding hydrogens is 479 g/mol. The number of carbonyl (C=O) groups excluding carboxylic acids is 1. The van der Waals surface area contributed by atoms with Crippen molar-refractivity contribution in [3.63, 3.8) is 0 Å². The predicted molar refractivity (Wildman–Crippen MR) is 128 cm³/mol. The summed E-state index contributed by atoms with van der Waals surface area (Å²) < 4.78 is 29.6. The molecule has 2 N–H and O–H groups in total. The Morgan fingerprint density at radius 1 is 1.11 bits per heavy atom. The van der Waals surface area contributed by atoms with E-state index in [0.717, 1.165) is 0 Å². The van der Waals surface area contributed by atoms with Crippen molar-refractivity contribution in [2.75, 3.05) is 27.4 Å². The number of halogens is 2. The number of methoxy groups -OCH3 is 2. The maximum Gasteiger partial charge on any atom is 0.163 e. The molecule has 0 aliphatic heterocycles. The summed E-state index contributed by atoms with van der Waals surface area (Å²) in [6, 6.07) is 8.84. The molecule has 1 aromatic heterocycles. The number of rotatable bonds is 11. The van der Waals surface area contributed by atoms with E-state index in [1.807, 2.05) is 0 Å². The minimum atomic E-state index is -1.55. The molecule has 0 saturated carbocycles. The highest BCUT2D eigenvalue weighted by molar-refractivity contribution is 6.31. The first-order chi connectivity index (χ1) is 16.7. The van der Waals surface area contributed by atoms with Gasteiger partial charge in [-0.05, 0) is 49.7 Å². The second-order valence-corrected chi connectivity index (χ2v) is 8.28.